The summed E-state index contributed by atoms with van der Waals surface area (Å²) in [6.45, 7) is 1.82. The summed E-state index contributed by atoms with van der Waals surface area (Å²) in [4.78, 5) is 9.22. The van der Waals surface area contributed by atoms with Gasteiger partial charge in [0.05, 0.1) is 9.82 Å². The highest BCUT2D eigenvalue weighted by atomic mass is 32.2. The maximum absolute atomic E-state index is 11.5. The van der Waals surface area contributed by atoms with Gasteiger partial charge in [0.25, 0.3) is 0 Å². The minimum atomic E-state index is -3.69. The van der Waals surface area contributed by atoms with Crippen molar-refractivity contribution in [3.63, 3.8) is 0 Å². The predicted molar refractivity (Wildman–Crippen MR) is 54.5 cm³/mol. The Bertz CT molecular complexity index is 487. The third-order valence-electron chi connectivity index (χ3n) is 1.71. The zero-order valence-corrected chi connectivity index (χ0v) is 8.77. The molecule has 0 saturated heterocycles. The van der Waals surface area contributed by atoms with Gasteiger partial charge in [-0.3, -0.25) is 10.1 Å². The summed E-state index contributed by atoms with van der Waals surface area (Å²) in [5, 5.41) is 10.6. The van der Waals surface area contributed by atoms with Crippen LogP contribution in [0.3, 0.4) is 0 Å². The van der Waals surface area contributed by atoms with Gasteiger partial charge in [-0.25, -0.2) is 8.42 Å². The van der Waals surface area contributed by atoms with E-state index in [0.717, 1.165) is 5.56 Å². The Hall–Kier alpha value is -1.69. The molecule has 0 bridgehead atoms. The average Bonchev–Trinajstić information content (AvgIpc) is 2.16. The Labute approximate surface area is 87.1 Å². The smallest absolute Gasteiger partial charge is 0.246 e. The standard InChI is InChI=1S/C9H9NO4S/c1-8-2-4-9(5-3-8)15(13,14)7-6-10(11)12/h2-7H,1H3. The van der Waals surface area contributed by atoms with Crippen molar-refractivity contribution in [2.24, 2.45) is 0 Å². The van der Waals surface area contributed by atoms with Crippen molar-refractivity contribution in [1.82, 2.24) is 0 Å². The van der Waals surface area contributed by atoms with Crippen molar-refractivity contribution in [1.29, 1.82) is 0 Å². The molecule has 80 valence electrons. The molecule has 0 heterocycles. The van der Waals surface area contributed by atoms with E-state index in [4.69, 9.17) is 0 Å². The van der Waals surface area contributed by atoms with Crippen LogP contribution in [-0.2, 0) is 9.84 Å². The third kappa shape index (κ3) is 3.17. The number of benzene rings is 1. The van der Waals surface area contributed by atoms with Crippen LogP contribution in [0.5, 0.6) is 0 Å². The molecule has 0 unspecified atom stereocenters. The molecular formula is C9H9NO4S. The lowest BCUT2D eigenvalue weighted by atomic mass is 10.2. The highest BCUT2D eigenvalue weighted by Crippen LogP contribution is 2.12. The van der Waals surface area contributed by atoms with Crippen molar-refractivity contribution in [2.45, 2.75) is 11.8 Å². The minimum absolute atomic E-state index is 0.0474. The van der Waals surface area contributed by atoms with Gasteiger partial charge in [0.2, 0.25) is 16.0 Å². The lowest BCUT2D eigenvalue weighted by Gasteiger charge is -1.97. The lowest BCUT2D eigenvalue weighted by molar-refractivity contribution is -0.402. The summed E-state index contributed by atoms with van der Waals surface area (Å²) < 4.78 is 22.9. The molecule has 0 fully saturated rings. The molecule has 0 saturated carbocycles. The van der Waals surface area contributed by atoms with Gasteiger partial charge in [-0.2, -0.15) is 0 Å². The molecule has 1 aromatic carbocycles. The van der Waals surface area contributed by atoms with E-state index in [2.05, 4.69) is 0 Å². The Balaban J connectivity index is 3.07. The summed E-state index contributed by atoms with van der Waals surface area (Å²) in [6, 6.07) is 6.09. The molecule has 1 rings (SSSR count). The van der Waals surface area contributed by atoms with Crippen molar-refractivity contribution in [3.8, 4) is 0 Å². The van der Waals surface area contributed by atoms with Crippen molar-refractivity contribution >= 4 is 9.84 Å². The zero-order chi connectivity index (χ0) is 11.5. The minimum Gasteiger partial charge on any atom is -0.259 e. The second-order valence-corrected chi connectivity index (χ2v) is 4.76. The summed E-state index contributed by atoms with van der Waals surface area (Å²) in [5.74, 6) is 0. The van der Waals surface area contributed by atoms with Gasteiger partial charge in [-0.05, 0) is 19.1 Å². The number of sulfone groups is 1. The molecular weight excluding hydrogens is 218 g/mol. The number of nitrogens with zero attached hydrogens (tertiary/aromatic N) is 1. The molecule has 6 heteroatoms. The van der Waals surface area contributed by atoms with E-state index in [1.165, 1.54) is 12.1 Å². The fraction of sp³-hybridized carbons (Fsp3) is 0.111. The van der Waals surface area contributed by atoms with Crippen LogP contribution in [-0.4, -0.2) is 13.3 Å². The first-order valence-corrected chi connectivity index (χ1v) is 5.60. The van der Waals surface area contributed by atoms with E-state index < -0.39 is 14.8 Å². The van der Waals surface area contributed by atoms with Gasteiger partial charge in [-0.15, -0.1) is 0 Å². The third-order valence-corrected chi connectivity index (χ3v) is 3.12. The molecule has 0 atom stereocenters. The van der Waals surface area contributed by atoms with Crippen LogP contribution < -0.4 is 0 Å². The first-order chi connectivity index (χ1) is 6.92. The van der Waals surface area contributed by atoms with Crippen LogP contribution in [0.25, 0.3) is 0 Å². The molecule has 0 amide bonds. The number of nitro groups is 1. The predicted octanol–water partition coefficient (Wildman–Crippen LogP) is 1.52. The van der Waals surface area contributed by atoms with Gasteiger partial charge >= 0.3 is 0 Å². The number of hydrogen-bond donors (Lipinski definition) is 0. The van der Waals surface area contributed by atoms with Crippen molar-refractivity contribution in [3.05, 3.63) is 51.6 Å². The average molecular weight is 227 g/mol. The number of hydrogen-bond acceptors (Lipinski definition) is 4. The maximum atomic E-state index is 11.5. The van der Waals surface area contributed by atoms with E-state index in [1.54, 1.807) is 12.1 Å². The molecule has 0 aliphatic heterocycles. The molecule has 5 nitrogen and oxygen atoms in total. The van der Waals surface area contributed by atoms with Crippen LogP contribution in [0.15, 0.2) is 40.8 Å². The summed E-state index contributed by atoms with van der Waals surface area (Å²) in [5.41, 5.74) is 0.923. The molecule has 1 aromatic rings. The molecule has 0 spiro atoms. The highest BCUT2D eigenvalue weighted by Gasteiger charge is 2.11. The topological polar surface area (TPSA) is 77.3 Å². The van der Waals surface area contributed by atoms with Gasteiger partial charge in [0.15, 0.2) is 0 Å². The van der Waals surface area contributed by atoms with E-state index in [9.17, 15) is 18.5 Å². The quantitative estimate of drug-likeness (QED) is 0.579. The Morgan fingerprint density at radius 1 is 1.27 bits per heavy atom. The Morgan fingerprint density at radius 2 is 1.80 bits per heavy atom. The second-order valence-electron chi connectivity index (χ2n) is 2.93. The fourth-order valence-electron chi connectivity index (χ4n) is 0.936. The van der Waals surface area contributed by atoms with E-state index >= 15 is 0 Å². The lowest BCUT2D eigenvalue weighted by Crippen LogP contribution is -1.97. The van der Waals surface area contributed by atoms with Gasteiger partial charge in [0.1, 0.15) is 5.41 Å². The first kappa shape index (κ1) is 11.4. The van der Waals surface area contributed by atoms with Crippen LogP contribution in [0.2, 0.25) is 0 Å². The van der Waals surface area contributed by atoms with Crippen LogP contribution in [0.4, 0.5) is 0 Å². The molecule has 0 aliphatic carbocycles. The Morgan fingerprint density at radius 3 is 2.27 bits per heavy atom. The second kappa shape index (κ2) is 4.22. The monoisotopic (exact) mass is 227 g/mol. The normalized spacial score (nSPS) is 11.8. The number of aryl methyl sites for hydroxylation is 1. The summed E-state index contributed by atoms with van der Waals surface area (Å²) >= 11 is 0. The van der Waals surface area contributed by atoms with Gasteiger partial charge < -0.3 is 0 Å². The maximum Gasteiger partial charge on any atom is 0.246 e. The largest absolute Gasteiger partial charge is 0.259 e. The molecule has 0 aromatic heterocycles. The molecule has 15 heavy (non-hydrogen) atoms. The van der Waals surface area contributed by atoms with E-state index in [-0.39, 0.29) is 4.90 Å². The summed E-state index contributed by atoms with van der Waals surface area (Å²) in [7, 11) is -3.69. The Kier molecular flexibility index (Phi) is 3.21. The van der Waals surface area contributed by atoms with Crippen molar-refractivity contribution in [2.75, 3.05) is 0 Å². The SMILES string of the molecule is Cc1ccc(S(=O)(=O)C=C[N+](=O)[O-])cc1. The zero-order valence-electron chi connectivity index (χ0n) is 7.95. The first-order valence-electron chi connectivity index (χ1n) is 4.05. The molecule has 0 radical (unpaired) electrons. The summed E-state index contributed by atoms with van der Waals surface area (Å²) in [6.07, 6.45) is 0.412. The molecule has 0 aliphatic rings. The van der Waals surface area contributed by atoms with Crippen LogP contribution in [0, 0.1) is 17.0 Å². The fourth-order valence-corrected chi connectivity index (χ4v) is 1.87. The van der Waals surface area contributed by atoms with Crippen LogP contribution >= 0.6 is 0 Å². The molecule has 0 N–H and O–H groups in total. The van der Waals surface area contributed by atoms with Crippen LogP contribution in [0.1, 0.15) is 5.56 Å². The van der Waals surface area contributed by atoms with Gasteiger partial charge in [-0.1, -0.05) is 17.7 Å². The van der Waals surface area contributed by atoms with E-state index in [0.29, 0.717) is 11.6 Å². The number of rotatable bonds is 3. The highest BCUT2D eigenvalue weighted by molar-refractivity contribution is 7.94. The van der Waals surface area contributed by atoms with E-state index in [1.807, 2.05) is 6.92 Å². The van der Waals surface area contributed by atoms with Crippen molar-refractivity contribution < 1.29 is 13.3 Å². The van der Waals surface area contributed by atoms with Gasteiger partial charge in [0, 0.05) is 0 Å².